The van der Waals surface area contributed by atoms with Crippen LogP contribution < -0.4 is 4.74 Å². The Bertz CT molecular complexity index is 890. The topological polar surface area (TPSA) is 49.2 Å². The first-order chi connectivity index (χ1) is 12.7. The summed E-state index contributed by atoms with van der Waals surface area (Å²) in [6, 6.07) is 12.5. The number of nitrogens with zero attached hydrogens (tertiary/aromatic N) is 3. The van der Waals surface area contributed by atoms with Crippen molar-refractivity contribution in [2.45, 2.75) is 12.6 Å². The summed E-state index contributed by atoms with van der Waals surface area (Å²) in [5.74, 6) is 3.75. The molecule has 2 aromatic carbocycles. The van der Waals surface area contributed by atoms with Crippen molar-refractivity contribution < 1.29 is 9.47 Å². The number of rotatable bonds is 7. The lowest BCUT2D eigenvalue weighted by molar-refractivity contribution is 0.0613. The van der Waals surface area contributed by atoms with Crippen molar-refractivity contribution >= 4 is 23.2 Å². The quantitative estimate of drug-likeness (QED) is 0.547. The lowest BCUT2D eigenvalue weighted by Gasteiger charge is -2.19. The molecule has 0 N–H and O–H groups in total. The first-order valence-corrected chi connectivity index (χ1v) is 8.51. The highest BCUT2D eigenvalue weighted by Gasteiger charge is 2.17. The van der Waals surface area contributed by atoms with Gasteiger partial charge in [-0.05, 0) is 36.4 Å². The fourth-order valence-corrected chi connectivity index (χ4v) is 2.78. The van der Waals surface area contributed by atoms with Crippen molar-refractivity contribution in [2.75, 3.05) is 6.61 Å². The molecule has 0 amide bonds. The highest BCUT2D eigenvalue weighted by Crippen LogP contribution is 2.32. The first kappa shape index (κ1) is 18.3. The predicted molar refractivity (Wildman–Crippen MR) is 101 cm³/mol. The van der Waals surface area contributed by atoms with Gasteiger partial charge < -0.3 is 9.47 Å². The van der Waals surface area contributed by atoms with Gasteiger partial charge in [0.05, 0.1) is 11.6 Å². The van der Waals surface area contributed by atoms with Gasteiger partial charge in [-0.2, -0.15) is 5.10 Å². The van der Waals surface area contributed by atoms with Gasteiger partial charge in [0.2, 0.25) is 0 Å². The molecule has 0 aliphatic heterocycles. The van der Waals surface area contributed by atoms with E-state index in [-0.39, 0.29) is 12.7 Å². The molecule has 1 unspecified atom stereocenters. The van der Waals surface area contributed by atoms with E-state index in [4.69, 9.17) is 39.1 Å². The van der Waals surface area contributed by atoms with Crippen molar-refractivity contribution in [3.05, 3.63) is 70.7 Å². The molecular formula is C19H15Cl2N3O2. The van der Waals surface area contributed by atoms with Gasteiger partial charge in [0.1, 0.15) is 36.9 Å². The van der Waals surface area contributed by atoms with Gasteiger partial charge in [-0.1, -0.05) is 35.2 Å². The van der Waals surface area contributed by atoms with Crippen LogP contribution >= 0.6 is 23.2 Å². The number of halogens is 2. The van der Waals surface area contributed by atoms with Crippen molar-refractivity contribution in [1.82, 2.24) is 14.8 Å². The van der Waals surface area contributed by atoms with Gasteiger partial charge >= 0.3 is 0 Å². The number of hydrogen-bond acceptors (Lipinski definition) is 4. The van der Waals surface area contributed by atoms with Crippen molar-refractivity contribution in [3.63, 3.8) is 0 Å². The van der Waals surface area contributed by atoms with Crippen LogP contribution in [0.5, 0.6) is 11.5 Å². The highest BCUT2D eigenvalue weighted by atomic mass is 35.5. The zero-order valence-electron chi connectivity index (χ0n) is 13.7. The Kier molecular flexibility index (Phi) is 6.13. The number of ether oxygens (including phenoxy) is 2. The molecule has 0 fully saturated rings. The zero-order valence-corrected chi connectivity index (χ0v) is 15.2. The lowest BCUT2D eigenvalue weighted by atomic mass is 10.1. The van der Waals surface area contributed by atoms with E-state index in [0.717, 1.165) is 5.56 Å². The van der Waals surface area contributed by atoms with E-state index in [1.54, 1.807) is 41.3 Å². The highest BCUT2D eigenvalue weighted by molar-refractivity contribution is 6.31. The molecule has 0 saturated heterocycles. The van der Waals surface area contributed by atoms with Crippen LogP contribution in [0.4, 0.5) is 0 Å². The summed E-state index contributed by atoms with van der Waals surface area (Å²) < 4.78 is 13.2. The van der Waals surface area contributed by atoms with Crippen molar-refractivity contribution in [2.24, 2.45) is 0 Å². The minimum atomic E-state index is -0.357. The molecule has 0 aliphatic carbocycles. The maximum absolute atomic E-state index is 6.46. The standard InChI is InChI=1S/C19H15Cl2N3O2/c1-2-9-25-19(11-24-13-22-12-23-24)17-8-7-16(10-18(17)21)26-15-5-3-14(20)4-6-15/h1,3-8,10,12-13,19H,9,11H2. The van der Waals surface area contributed by atoms with Crippen LogP contribution in [0, 0.1) is 12.3 Å². The Hall–Kier alpha value is -2.52. The molecule has 132 valence electrons. The molecule has 26 heavy (non-hydrogen) atoms. The molecule has 1 heterocycles. The molecule has 0 aliphatic rings. The van der Waals surface area contributed by atoms with Gasteiger partial charge in [-0.15, -0.1) is 6.42 Å². The number of terminal acetylenes is 1. The molecule has 0 spiro atoms. The van der Waals surface area contributed by atoms with Gasteiger partial charge in [0, 0.05) is 10.6 Å². The molecule has 0 saturated carbocycles. The summed E-state index contributed by atoms with van der Waals surface area (Å²) in [5.41, 5.74) is 0.792. The Labute approximate surface area is 161 Å². The Balaban J connectivity index is 1.79. The second-order valence-corrected chi connectivity index (χ2v) is 6.20. The van der Waals surface area contributed by atoms with Crippen LogP contribution in [-0.4, -0.2) is 21.4 Å². The van der Waals surface area contributed by atoms with E-state index >= 15 is 0 Å². The third kappa shape index (κ3) is 4.77. The average molecular weight is 388 g/mol. The van der Waals surface area contributed by atoms with Gasteiger partial charge in [0.15, 0.2) is 0 Å². The molecule has 3 aromatic rings. The predicted octanol–water partition coefficient (Wildman–Crippen LogP) is 4.77. The molecule has 5 nitrogen and oxygen atoms in total. The Morgan fingerprint density at radius 1 is 1.12 bits per heavy atom. The second kappa shape index (κ2) is 8.72. The Morgan fingerprint density at radius 3 is 2.54 bits per heavy atom. The zero-order chi connectivity index (χ0) is 18.4. The molecule has 1 atom stereocenters. The van der Waals surface area contributed by atoms with Crippen molar-refractivity contribution in [1.29, 1.82) is 0 Å². The van der Waals surface area contributed by atoms with Crippen LogP contribution in [0.1, 0.15) is 11.7 Å². The molecule has 3 rings (SSSR count). The molecule has 1 aromatic heterocycles. The molecule has 0 bridgehead atoms. The smallest absolute Gasteiger partial charge is 0.137 e. The van der Waals surface area contributed by atoms with E-state index in [9.17, 15) is 0 Å². The van der Waals surface area contributed by atoms with E-state index in [1.807, 2.05) is 12.1 Å². The van der Waals surface area contributed by atoms with E-state index in [0.29, 0.717) is 28.1 Å². The first-order valence-electron chi connectivity index (χ1n) is 7.76. The largest absolute Gasteiger partial charge is 0.457 e. The van der Waals surface area contributed by atoms with Crippen LogP contribution in [0.2, 0.25) is 10.0 Å². The lowest BCUT2D eigenvalue weighted by Crippen LogP contribution is -2.14. The van der Waals surface area contributed by atoms with Gasteiger partial charge in [-0.3, -0.25) is 4.68 Å². The number of benzene rings is 2. The Morgan fingerprint density at radius 2 is 1.88 bits per heavy atom. The summed E-state index contributed by atoms with van der Waals surface area (Å²) in [6.07, 6.45) is 8.03. The van der Waals surface area contributed by atoms with E-state index in [2.05, 4.69) is 16.0 Å². The summed E-state index contributed by atoms with van der Waals surface area (Å²) in [5, 5.41) is 5.25. The monoisotopic (exact) mass is 387 g/mol. The van der Waals surface area contributed by atoms with Crippen molar-refractivity contribution in [3.8, 4) is 23.8 Å². The van der Waals surface area contributed by atoms with Crippen LogP contribution in [0.3, 0.4) is 0 Å². The minimum absolute atomic E-state index is 0.165. The van der Waals surface area contributed by atoms with Gasteiger partial charge in [0.25, 0.3) is 0 Å². The molecule has 7 heteroatoms. The van der Waals surface area contributed by atoms with Crippen LogP contribution in [0.25, 0.3) is 0 Å². The number of aromatic nitrogens is 3. The third-order valence-electron chi connectivity index (χ3n) is 3.56. The van der Waals surface area contributed by atoms with Crippen LogP contribution in [-0.2, 0) is 11.3 Å². The summed E-state index contributed by atoms with van der Waals surface area (Å²) in [4.78, 5) is 3.93. The maximum Gasteiger partial charge on any atom is 0.137 e. The summed E-state index contributed by atoms with van der Waals surface area (Å²) in [7, 11) is 0. The fraction of sp³-hybridized carbons (Fsp3) is 0.158. The van der Waals surface area contributed by atoms with E-state index in [1.165, 1.54) is 6.33 Å². The maximum atomic E-state index is 6.46. The second-order valence-electron chi connectivity index (χ2n) is 5.36. The average Bonchev–Trinajstić information content (AvgIpc) is 3.14. The number of hydrogen-bond donors (Lipinski definition) is 0. The fourth-order valence-electron chi connectivity index (χ4n) is 2.36. The third-order valence-corrected chi connectivity index (χ3v) is 4.13. The summed E-state index contributed by atoms with van der Waals surface area (Å²) >= 11 is 12.3. The minimum Gasteiger partial charge on any atom is -0.457 e. The molecular weight excluding hydrogens is 373 g/mol. The van der Waals surface area contributed by atoms with E-state index < -0.39 is 0 Å². The normalized spacial score (nSPS) is 11.7. The van der Waals surface area contributed by atoms with Crippen LogP contribution in [0.15, 0.2) is 55.1 Å². The summed E-state index contributed by atoms with van der Waals surface area (Å²) in [6.45, 7) is 0.609. The molecule has 0 radical (unpaired) electrons. The van der Waals surface area contributed by atoms with Gasteiger partial charge in [-0.25, -0.2) is 4.98 Å². The SMILES string of the molecule is C#CCOC(Cn1cncn1)c1ccc(Oc2ccc(Cl)cc2)cc1Cl.